The van der Waals surface area contributed by atoms with Gasteiger partial charge in [0.25, 0.3) is 0 Å². The molecular weight excluding hydrogens is 372 g/mol. The molecular formula is C22H28N2O3S. The van der Waals surface area contributed by atoms with Crippen molar-refractivity contribution in [2.75, 3.05) is 6.54 Å². The molecule has 1 saturated heterocycles. The van der Waals surface area contributed by atoms with Crippen molar-refractivity contribution in [3.8, 4) is 0 Å². The van der Waals surface area contributed by atoms with Crippen molar-refractivity contribution in [3.63, 3.8) is 0 Å². The summed E-state index contributed by atoms with van der Waals surface area (Å²) >= 11 is 0. The van der Waals surface area contributed by atoms with Crippen LogP contribution in [0.1, 0.15) is 40.7 Å². The summed E-state index contributed by atoms with van der Waals surface area (Å²) in [6.45, 7) is 8.35. The predicted octanol–water partition coefficient (Wildman–Crippen LogP) is 3.39. The van der Waals surface area contributed by atoms with Gasteiger partial charge in [0.15, 0.2) is 0 Å². The lowest BCUT2D eigenvalue weighted by Crippen LogP contribution is -2.46. The lowest BCUT2D eigenvalue weighted by molar-refractivity contribution is -0.124. The summed E-state index contributed by atoms with van der Waals surface area (Å²) in [7, 11) is -3.73. The molecule has 0 aliphatic carbocycles. The second-order valence-corrected chi connectivity index (χ2v) is 9.47. The van der Waals surface area contributed by atoms with E-state index in [9.17, 15) is 13.2 Å². The average molecular weight is 401 g/mol. The van der Waals surface area contributed by atoms with Crippen LogP contribution in [0.3, 0.4) is 0 Å². The number of aryl methyl sites for hydroxylation is 4. The highest BCUT2D eigenvalue weighted by molar-refractivity contribution is 7.89. The Morgan fingerprint density at radius 1 is 1.07 bits per heavy atom. The summed E-state index contributed by atoms with van der Waals surface area (Å²) in [4.78, 5) is 13.2. The number of sulfonamides is 1. The molecule has 0 radical (unpaired) electrons. The number of nitrogens with one attached hydrogen (secondary N) is 1. The van der Waals surface area contributed by atoms with E-state index in [0.717, 1.165) is 27.8 Å². The predicted molar refractivity (Wildman–Crippen MR) is 111 cm³/mol. The van der Waals surface area contributed by atoms with E-state index >= 15 is 0 Å². The third kappa shape index (κ3) is 3.98. The number of carbonyl (C=O) groups is 1. The van der Waals surface area contributed by atoms with E-state index in [1.807, 2.05) is 64.1 Å². The second kappa shape index (κ2) is 8.05. The summed E-state index contributed by atoms with van der Waals surface area (Å²) in [6, 6.07) is 11.0. The third-order valence-electron chi connectivity index (χ3n) is 5.39. The van der Waals surface area contributed by atoms with Gasteiger partial charge in [0.2, 0.25) is 15.9 Å². The average Bonchev–Trinajstić information content (AvgIpc) is 3.10. The standard InChI is InChI=1S/C22H28N2O3S/c1-15-12-17(3)21(18(4)13-15)28(26,27)24-11-7-10-20(24)22(25)23-14-19-9-6-5-8-16(19)2/h5-6,8-9,12-13,20H,7,10-11,14H2,1-4H3,(H,23,25). The Balaban J connectivity index is 1.82. The zero-order valence-corrected chi connectivity index (χ0v) is 17.8. The van der Waals surface area contributed by atoms with Gasteiger partial charge in [0, 0.05) is 13.1 Å². The molecule has 3 rings (SSSR count). The number of benzene rings is 2. The van der Waals surface area contributed by atoms with Crippen LogP contribution in [0.15, 0.2) is 41.3 Å². The number of hydrogen-bond acceptors (Lipinski definition) is 3. The van der Waals surface area contributed by atoms with Gasteiger partial charge in [-0.2, -0.15) is 4.31 Å². The quantitative estimate of drug-likeness (QED) is 0.837. The highest BCUT2D eigenvalue weighted by atomic mass is 32.2. The van der Waals surface area contributed by atoms with Crippen molar-refractivity contribution < 1.29 is 13.2 Å². The molecule has 1 heterocycles. The third-order valence-corrected chi connectivity index (χ3v) is 7.61. The minimum Gasteiger partial charge on any atom is -0.351 e. The molecule has 1 fully saturated rings. The molecule has 2 aromatic carbocycles. The molecule has 1 atom stereocenters. The molecule has 5 nitrogen and oxygen atoms in total. The molecule has 0 saturated carbocycles. The van der Waals surface area contributed by atoms with Crippen LogP contribution in [-0.2, 0) is 21.4 Å². The van der Waals surface area contributed by atoms with Gasteiger partial charge in [-0.25, -0.2) is 8.42 Å². The Morgan fingerprint density at radius 3 is 2.36 bits per heavy atom. The van der Waals surface area contributed by atoms with E-state index in [1.54, 1.807) is 0 Å². The maximum atomic E-state index is 13.4. The highest BCUT2D eigenvalue weighted by Crippen LogP contribution is 2.30. The molecule has 0 spiro atoms. The molecule has 2 aromatic rings. The number of carbonyl (C=O) groups excluding carboxylic acids is 1. The van der Waals surface area contributed by atoms with Crippen molar-refractivity contribution >= 4 is 15.9 Å². The first-order chi connectivity index (χ1) is 13.2. The van der Waals surface area contributed by atoms with Crippen molar-refractivity contribution in [2.24, 2.45) is 0 Å². The summed E-state index contributed by atoms with van der Waals surface area (Å²) in [5.74, 6) is -0.230. The van der Waals surface area contributed by atoms with Gasteiger partial charge >= 0.3 is 0 Å². The Morgan fingerprint density at radius 2 is 1.71 bits per heavy atom. The van der Waals surface area contributed by atoms with Crippen LogP contribution in [0, 0.1) is 27.7 Å². The highest BCUT2D eigenvalue weighted by Gasteiger charge is 2.40. The largest absolute Gasteiger partial charge is 0.351 e. The van der Waals surface area contributed by atoms with E-state index in [4.69, 9.17) is 0 Å². The second-order valence-electron chi connectivity index (χ2n) is 7.65. The lowest BCUT2D eigenvalue weighted by atomic mass is 10.1. The smallest absolute Gasteiger partial charge is 0.244 e. The number of amides is 1. The van der Waals surface area contributed by atoms with E-state index in [1.165, 1.54) is 4.31 Å². The zero-order chi connectivity index (χ0) is 20.5. The Labute approximate surface area is 167 Å². The fourth-order valence-electron chi connectivity index (χ4n) is 4.09. The van der Waals surface area contributed by atoms with Gasteiger partial charge in [-0.15, -0.1) is 0 Å². The van der Waals surface area contributed by atoms with Crippen LogP contribution in [0.2, 0.25) is 0 Å². The minimum absolute atomic E-state index is 0.230. The molecule has 0 aromatic heterocycles. The van der Waals surface area contributed by atoms with Crippen LogP contribution in [-0.4, -0.2) is 31.2 Å². The molecule has 1 amide bonds. The summed E-state index contributed by atoms with van der Waals surface area (Å²) in [5, 5.41) is 2.93. The van der Waals surface area contributed by atoms with Crippen LogP contribution in [0.5, 0.6) is 0 Å². The van der Waals surface area contributed by atoms with Gasteiger partial charge in [-0.05, 0) is 62.8 Å². The molecule has 1 aliphatic rings. The van der Waals surface area contributed by atoms with Crippen LogP contribution < -0.4 is 5.32 Å². The van der Waals surface area contributed by atoms with Crippen molar-refractivity contribution in [1.82, 2.24) is 9.62 Å². The fourth-order valence-corrected chi connectivity index (χ4v) is 6.16. The normalized spacial score (nSPS) is 17.6. The molecule has 28 heavy (non-hydrogen) atoms. The van der Waals surface area contributed by atoms with Crippen LogP contribution in [0.25, 0.3) is 0 Å². The van der Waals surface area contributed by atoms with Gasteiger partial charge in [0.05, 0.1) is 4.90 Å². The van der Waals surface area contributed by atoms with Crippen molar-refractivity contribution in [1.29, 1.82) is 0 Å². The van der Waals surface area contributed by atoms with E-state index in [2.05, 4.69) is 5.32 Å². The van der Waals surface area contributed by atoms with Gasteiger partial charge in [0.1, 0.15) is 6.04 Å². The maximum Gasteiger partial charge on any atom is 0.244 e. The number of rotatable bonds is 5. The van der Waals surface area contributed by atoms with Gasteiger partial charge < -0.3 is 5.32 Å². The van der Waals surface area contributed by atoms with E-state index in [0.29, 0.717) is 30.8 Å². The number of hydrogen-bond donors (Lipinski definition) is 1. The van der Waals surface area contributed by atoms with E-state index in [-0.39, 0.29) is 5.91 Å². The summed E-state index contributed by atoms with van der Waals surface area (Å²) in [6.07, 6.45) is 1.23. The zero-order valence-electron chi connectivity index (χ0n) is 17.0. The van der Waals surface area contributed by atoms with Crippen molar-refractivity contribution in [3.05, 3.63) is 64.2 Å². The maximum absolute atomic E-state index is 13.4. The minimum atomic E-state index is -3.73. The molecule has 1 aliphatic heterocycles. The Hall–Kier alpha value is -2.18. The van der Waals surface area contributed by atoms with Gasteiger partial charge in [-0.3, -0.25) is 4.79 Å². The molecule has 0 bridgehead atoms. The molecule has 1 N–H and O–H groups in total. The summed E-state index contributed by atoms with van der Waals surface area (Å²) in [5.41, 5.74) is 4.62. The van der Waals surface area contributed by atoms with E-state index < -0.39 is 16.1 Å². The monoisotopic (exact) mass is 400 g/mol. The topological polar surface area (TPSA) is 66.5 Å². The Bertz CT molecular complexity index is 976. The van der Waals surface area contributed by atoms with Gasteiger partial charge in [-0.1, -0.05) is 42.0 Å². The van der Waals surface area contributed by atoms with Crippen LogP contribution in [0.4, 0.5) is 0 Å². The van der Waals surface area contributed by atoms with Crippen LogP contribution >= 0.6 is 0 Å². The first kappa shape index (κ1) is 20.6. The first-order valence-electron chi connectivity index (χ1n) is 9.63. The lowest BCUT2D eigenvalue weighted by Gasteiger charge is -2.25. The fraction of sp³-hybridized carbons (Fsp3) is 0.409. The number of nitrogens with zero attached hydrogens (tertiary/aromatic N) is 1. The first-order valence-corrected chi connectivity index (χ1v) is 11.1. The Kier molecular flexibility index (Phi) is 5.91. The molecule has 150 valence electrons. The molecule has 6 heteroatoms. The molecule has 1 unspecified atom stereocenters. The van der Waals surface area contributed by atoms with Crippen molar-refractivity contribution in [2.45, 2.75) is 58.0 Å². The summed E-state index contributed by atoms with van der Waals surface area (Å²) < 4.78 is 28.1. The SMILES string of the molecule is Cc1cc(C)c(S(=O)(=O)N2CCCC2C(=O)NCc2ccccc2C)c(C)c1.